The van der Waals surface area contributed by atoms with Crippen molar-refractivity contribution in [3.63, 3.8) is 0 Å². The molecule has 27 heavy (non-hydrogen) atoms. The zero-order valence-corrected chi connectivity index (χ0v) is 14.9. The summed E-state index contributed by atoms with van der Waals surface area (Å²) in [7, 11) is 1.41. The van der Waals surface area contributed by atoms with Crippen molar-refractivity contribution in [2.75, 3.05) is 12.0 Å². The highest BCUT2D eigenvalue weighted by molar-refractivity contribution is 6.04. The van der Waals surface area contributed by atoms with Gasteiger partial charge in [-0.15, -0.1) is 0 Å². The van der Waals surface area contributed by atoms with Crippen molar-refractivity contribution in [1.82, 2.24) is 0 Å². The van der Waals surface area contributed by atoms with Gasteiger partial charge in [-0.25, -0.2) is 0 Å². The summed E-state index contributed by atoms with van der Waals surface area (Å²) >= 11 is 0. The van der Waals surface area contributed by atoms with E-state index in [2.05, 4.69) is 0 Å². The molecule has 0 N–H and O–H groups in total. The van der Waals surface area contributed by atoms with E-state index in [1.165, 1.54) is 12.0 Å². The molecular weight excluding hydrogens is 344 g/mol. The second kappa shape index (κ2) is 6.63. The van der Waals surface area contributed by atoms with Gasteiger partial charge in [-0.2, -0.15) is 0 Å². The Bertz CT molecular complexity index is 911. The summed E-state index contributed by atoms with van der Waals surface area (Å²) in [5, 5.41) is 12.3. The standard InChI is InChI=1S/C21H20N2O4/c1-27-19-13-7-11-17-16-10-5-6-12-18(16)22(14-15-8-3-2-4-9-15)20(24)21(17,19)23(25)26/h2-10,12-13,17,19H,11,14H2,1H3/t17-,19+,21-/m1/s1. The van der Waals surface area contributed by atoms with Crippen LogP contribution in [0.15, 0.2) is 66.7 Å². The van der Waals surface area contributed by atoms with E-state index < -0.39 is 28.4 Å². The third-order valence-corrected chi connectivity index (χ3v) is 5.58. The summed E-state index contributed by atoms with van der Waals surface area (Å²) in [5.41, 5.74) is 0.611. The zero-order chi connectivity index (χ0) is 19.0. The molecule has 138 valence electrons. The Balaban J connectivity index is 1.91. The molecular formula is C21H20N2O4. The van der Waals surface area contributed by atoms with Gasteiger partial charge in [-0.3, -0.25) is 14.9 Å². The molecule has 1 amide bonds. The number of hydrogen-bond donors (Lipinski definition) is 0. The fraction of sp³-hybridized carbons (Fsp3) is 0.286. The van der Waals surface area contributed by atoms with Gasteiger partial charge in [0, 0.05) is 17.7 Å². The number of ether oxygens (including phenoxy) is 1. The Labute approximate surface area is 157 Å². The van der Waals surface area contributed by atoms with Crippen LogP contribution >= 0.6 is 0 Å². The smallest absolute Gasteiger partial charge is 0.335 e. The lowest BCUT2D eigenvalue weighted by Crippen LogP contribution is -2.67. The maximum Gasteiger partial charge on any atom is 0.335 e. The zero-order valence-electron chi connectivity index (χ0n) is 14.9. The number of carbonyl (C=O) groups excluding carboxylic acids is 1. The molecule has 0 saturated heterocycles. The van der Waals surface area contributed by atoms with Crippen LogP contribution in [0.4, 0.5) is 5.69 Å². The monoisotopic (exact) mass is 364 g/mol. The first-order valence-electron chi connectivity index (χ1n) is 8.89. The van der Waals surface area contributed by atoms with Crippen LogP contribution < -0.4 is 4.90 Å². The number of nitrogens with zero attached hydrogens (tertiary/aromatic N) is 2. The number of hydrogen-bond acceptors (Lipinski definition) is 4. The van der Waals surface area contributed by atoms with E-state index in [0.29, 0.717) is 6.42 Å². The summed E-state index contributed by atoms with van der Waals surface area (Å²) in [5.74, 6) is -1.07. The number of carbonyl (C=O) groups is 1. The highest BCUT2D eigenvalue weighted by atomic mass is 16.6. The lowest BCUT2D eigenvalue weighted by atomic mass is 9.67. The van der Waals surface area contributed by atoms with Crippen molar-refractivity contribution in [2.45, 2.75) is 30.5 Å². The largest absolute Gasteiger partial charge is 0.369 e. The van der Waals surface area contributed by atoms with E-state index in [0.717, 1.165) is 16.8 Å². The average molecular weight is 364 g/mol. The average Bonchev–Trinajstić information content (AvgIpc) is 2.71. The van der Waals surface area contributed by atoms with Gasteiger partial charge in [0.1, 0.15) is 0 Å². The molecule has 4 rings (SSSR count). The van der Waals surface area contributed by atoms with Crippen molar-refractivity contribution in [1.29, 1.82) is 0 Å². The summed E-state index contributed by atoms with van der Waals surface area (Å²) < 4.78 is 5.43. The Hall–Kier alpha value is -2.99. The number of benzene rings is 2. The second-order valence-electron chi connectivity index (χ2n) is 6.89. The molecule has 0 saturated carbocycles. The SMILES string of the molecule is CO[C@H]1C=CC[C@@H]2c3ccccc3N(Cc3ccccc3)C(=O)[C@]12[N+](=O)[O-]. The summed E-state index contributed by atoms with van der Waals surface area (Å²) in [6, 6.07) is 17.0. The highest BCUT2D eigenvalue weighted by Crippen LogP contribution is 2.50. The minimum Gasteiger partial charge on any atom is -0.369 e. The Morgan fingerprint density at radius 2 is 1.89 bits per heavy atom. The molecule has 2 aromatic carbocycles. The number of rotatable bonds is 4. The maximum absolute atomic E-state index is 13.6. The van der Waals surface area contributed by atoms with Gasteiger partial charge in [0.15, 0.2) is 6.10 Å². The fourth-order valence-corrected chi connectivity index (χ4v) is 4.34. The van der Waals surface area contributed by atoms with Crippen LogP contribution in [0.3, 0.4) is 0 Å². The van der Waals surface area contributed by atoms with E-state index in [-0.39, 0.29) is 6.54 Å². The molecule has 1 aliphatic carbocycles. The van der Waals surface area contributed by atoms with E-state index in [4.69, 9.17) is 4.74 Å². The molecule has 6 nitrogen and oxygen atoms in total. The molecule has 0 radical (unpaired) electrons. The predicted octanol–water partition coefficient (Wildman–Crippen LogP) is 3.31. The lowest BCUT2D eigenvalue weighted by Gasteiger charge is -2.45. The number of nitro groups is 1. The van der Waals surface area contributed by atoms with E-state index in [1.807, 2.05) is 60.7 Å². The van der Waals surface area contributed by atoms with Crippen molar-refractivity contribution < 1.29 is 14.5 Å². The number of fused-ring (bicyclic) bond motifs is 3. The van der Waals surface area contributed by atoms with Crippen molar-refractivity contribution in [3.8, 4) is 0 Å². The molecule has 0 unspecified atom stereocenters. The maximum atomic E-state index is 13.6. The Morgan fingerprint density at radius 1 is 1.19 bits per heavy atom. The van der Waals surface area contributed by atoms with Crippen LogP contribution in [0.5, 0.6) is 0 Å². The molecule has 6 heteroatoms. The predicted molar refractivity (Wildman–Crippen MR) is 101 cm³/mol. The van der Waals surface area contributed by atoms with Gasteiger partial charge < -0.3 is 9.64 Å². The molecule has 0 fully saturated rings. The molecule has 0 spiro atoms. The number of amides is 1. The molecule has 0 aromatic heterocycles. The van der Waals surface area contributed by atoms with Crippen molar-refractivity contribution in [2.24, 2.45) is 0 Å². The first-order valence-corrected chi connectivity index (χ1v) is 8.89. The molecule has 0 bridgehead atoms. The lowest BCUT2D eigenvalue weighted by molar-refractivity contribution is -0.568. The first-order chi connectivity index (χ1) is 13.1. The summed E-state index contributed by atoms with van der Waals surface area (Å²) in [6.45, 7) is 0.277. The summed E-state index contributed by atoms with van der Waals surface area (Å²) in [4.78, 5) is 27.1. The van der Waals surface area contributed by atoms with E-state index in [1.54, 1.807) is 6.08 Å². The quantitative estimate of drug-likeness (QED) is 0.474. The second-order valence-corrected chi connectivity index (χ2v) is 6.89. The van der Waals surface area contributed by atoms with Crippen LogP contribution in [0.25, 0.3) is 0 Å². The van der Waals surface area contributed by atoms with Gasteiger partial charge in [0.25, 0.3) is 0 Å². The molecule has 2 aliphatic rings. The van der Waals surface area contributed by atoms with Gasteiger partial charge in [-0.05, 0) is 23.6 Å². The number of anilines is 1. The van der Waals surface area contributed by atoms with E-state index in [9.17, 15) is 14.9 Å². The Kier molecular flexibility index (Phi) is 4.28. The minimum absolute atomic E-state index is 0.277. The third kappa shape index (κ3) is 2.48. The third-order valence-electron chi connectivity index (χ3n) is 5.58. The van der Waals surface area contributed by atoms with Crippen LogP contribution in [-0.4, -0.2) is 29.6 Å². The van der Waals surface area contributed by atoms with E-state index >= 15 is 0 Å². The Morgan fingerprint density at radius 3 is 2.59 bits per heavy atom. The van der Waals surface area contributed by atoms with Crippen LogP contribution in [-0.2, 0) is 16.1 Å². The molecule has 3 atom stereocenters. The van der Waals surface area contributed by atoms with Crippen LogP contribution in [0.1, 0.15) is 23.5 Å². The molecule has 2 aromatic rings. The number of methoxy groups -OCH3 is 1. The van der Waals surface area contributed by atoms with Gasteiger partial charge >= 0.3 is 11.4 Å². The normalized spacial score (nSPS) is 26.4. The van der Waals surface area contributed by atoms with Crippen molar-refractivity contribution in [3.05, 3.63) is 88.0 Å². The van der Waals surface area contributed by atoms with Gasteiger partial charge in [-0.1, -0.05) is 60.7 Å². The summed E-state index contributed by atoms with van der Waals surface area (Å²) in [6.07, 6.45) is 3.04. The van der Waals surface area contributed by atoms with Gasteiger partial charge in [0.05, 0.1) is 12.5 Å². The van der Waals surface area contributed by atoms with Crippen LogP contribution in [0.2, 0.25) is 0 Å². The topological polar surface area (TPSA) is 72.7 Å². The molecule has 1 heterocycles. The fourth-order valence-electron chi connectivity index (χ4n) is 4.34. The number of para-hydroxylation sites is 1. The molecule has 1 aliphatic heterocycles. The number of allylic oxidation sites excluding steroid dienone is 1. The highest BCUT2D eigenvalue weighted by Gasteiger charge is 2.68. The van der Waals surface area contributed by atoms with Crippen molar-refractivity contribution >= 4 is 11.6 Å². The van der Waals surface area contributed by atoms with Crippen LogP contribution in [0, 0.1) is 10.1 Å². The van der Waals surface area contributed by atoms with Gasteiger partial charge in [0.2, 0.25) is 0 Å². The minimum atomic E-state index is -1.85. The first kappa shape index (κ1) is 17.4.